The summed E-state index contributed by atoms with van der Waals surface area (Å²) in [6.45, 7) is 3.80. The third-order valence-corrected chi connectivity index (χ3v) is 1.69. The summed E-state index contributed by atoms with van der Waals surface area (Å²) in [5, 5.41) is 3.87. The maximum absolute atomic E-state index is 3.87. The zero-order valence-electron chi connectivity index (χ0n) is 6.57. The number of anilines is 1. The molecule has 0 fully saturated rings. The summed E-state index contributed by atoms with van der Waals surface area (Å²) in [4.78, 5) is 1.89. The van der Waals surface area contributed by atoms with Crippen LogP contribution < -0.4 is 10.3 Å². The molecule has 0 aromatic heterocycles. The number of hydrazone groups is 1. The van der Waals surface area contributed by atoms with Crippen molar-refractivity contribution >= 4 is 12.0 Å². The minimum absolute atomic E-state index is 0.779. The molecule has 1 aliphatic heterocycles. The molecule has 1 heterocycles. The van der Waals surface area contributed by atoms with Gasteiger partial charge >= 0.3 is 0 Å². The van der Waals surface area contributed by atoms with E-state index in [-0.39, 0.29) is 0 Å². The molecule has 0 atom stereocenters. The highest BCUT2D eigenvalue weighted by Crippen LogP contribution is 2.16. The summed E-state index contributed by atoms with van der Waals surface area (Å²) < 4.78 is 0. The Morgan fingerprint density at radius 3 is 2.58 bits per heavy atom. The van der Waals surface area contributed by atoms with Crippen LogP contribution >= 0.6 is 0 Å². The van der Waals surface area contributed by atoms with Gasteiger partial charge in [-0.2, -0.15) is 5.10 Å². The van der Waals surface area contributed by atoms with Crippen LogP contribution in [0.4, 0.5) is 5.69 Å². The van der Waals surface area contributed by atoms with Crippen molar-refractivity contribution in [3.63, 3.8) is 0 Å². The molecule has 0 saturated heterocycles. The molecule has 60 valence electrons. The third kappa shape index (κ3) is 1.05. The first-order chi connectivity index (χ1) is 5.88. The van der Waals surface area contributed by atoms with Gasteiger partial charge in [0.15, 0.2) is 0 Å². The smallest absolute Gasteiger partial charge is 0.124 e. The van der Waals surface area contributed by atoms with Crippen molar-refractivity contribution in [2.24, 2.45) is 5.10 Å². The Morgan fingerprint density at radius 1 is 1.25 bits per heavy atom. The summed E-state index contributed by atoms with van der Waals surface area (Å²) >= 11 is 0. The lowest BCUT2D eigenvalue weighted by atomic mass is 10.3. The first-order valence-corrected chi connectivity index (χ1v) is 3.70. The summed E-state index contributed by atoms with van der Waals surface area (Å²) in [5.74, 6) is 0.779. The molecule has 1 aromatic rings. The maximum atomic E-state index is 3.87. The highest BCUT2D eigenvalue weighted by Gasteiger charge is 2.10. The third-order valence-electron chi connectivity index (χ3n) is 1.69. The summed E-state index contributed by atoms with van der Waals surface area (Å²) in [6, 6.07) is 9.95. The summed E-state index contributed by atoms with van der Waals surface area (Å²) in [7, 11) is 0. The van der Waals surface area contributed by atoms with E-state index in [0.717, 1.165) is 11.5 Å². The van der Waals surface area contributed by atoms with Gasteiger partial charge in [0.25, 0.3) is 0 Å². The lowest BCUT2D eigenvalue weighted by Gasteiger charge is -2.13. The summed E-state index contributed by atoms with van der Waals surface area (Å²) in [5.41, 5.74) is 3.83. The van der Waals surface area contributed by atoms with Gasteiger partial charge in [-0.3, -0.25) is 10.3 Å². The number of hydrogen-bond donors (Lipinski definition) is 1. The SMILES string of the molecule is C=C1NN=CN1c1ccccc1. The fraction of sp³-hybridized carbons (Fsp3) is 0. The average Bonchev–Trinajstić information content (AvgIpc) is 2.53. The number of nitrogens with one attached hydrogen (secondary N) is 1. The van der Waals surface area contributed by atoms with E-state index in [4.69, 9.17) is 0 Å². The molecular weight excluding hydrogens is 150 g/mol. The van der Waals surface area contributed by atoms with E-state index >= 15 is 0 Å². The lowest BCUT2D eigenvalue weighted by Crippen LogP contribution is -2.18. The second kappa shape index (κ2) is 2.70. The zero-order chi connectivity index (χ0) is 8.39. The van der Waals surface area contributed by atoms with Crippen molar-refractivity contribution in [1.29, 1.82) is 0 Å². The molecule has 12 heavy (non-hydrogen) atoms. The van der Waals surface area contributed by atoms with E-state index < -0.39 is 0 Å². The van der Waals surface area contributed by atoms with E-state index in [1.165, 1.54) is 0 Å². The van der Waals surface area contributed by atoms with Gasteiger partial charge < -0.3 is 0 Å². The normalized spacial score (nSPS) is 15.0. The van der Waals surface area contributed by atoms with Gasteiger partial charge in [0.05, 0.1) is 0 Å². The first-order valence-electron chi connectivity index (χ1n) is 3.70. The minimum Gasteiger partial charge on any atom is -0.285 e. The van der Waals surface area contributed by atoms with E-state index in [9.17, 15) is 0 Å². The molecule has 0 saturated carbocycles. The maximum Gasteiger partial charge on any atom is 0.124 e. The van der Waals surface area contributed by atoms with Gasteiger partial charge in [-0.1, -0.05) is 24.8 Å². The van der Waals surface area contributed by atoms with Crippen LogP contribution in [-0.2, 0) is 0 Å². The van der Waals surface area contributed by atoms with Crippen LogP contribution in [0.1, 0.15) is 0 Å². The van der Waals surface area contributed by atoms with Crippen LogP contribution in [-0.4, -0.2) is 6.34 Å². The number of benzene rings is 1. The monoisotopic (exact) mass is 159 g/mol. The predicted octanol–water partition coefficient (Wildman–Crippen LogP) is 1.51. The Hall–Kier alpha value is -1.77. The van der Waals surface area contributed by atoms with Crippen LogP contribution in [0.15, 0.2) is 47.8 Å². The standard InChI is InChI=1S/C9H9N3/c1-8-11-10-7-12(8)9-5-3-2-4-6-9/h2-7,11H,1H2. The van der Waals surface area contributed by atoms with Crippen molar-refractivity contribution in [2.45, 2.75) is 0 Å². The van der Waals surface area contributed by atoms with Crippen molar-refractivity contribution < 1.29 is 0 Å². The lowest BCUT2D eigenvalue weighted by molar-refractivity contribution is 0.926. The topological polar surface area (TPSA) is 27.6 Å². The number of para-hydroxylation sites is 1. The quantitative estimate of drug-likeness (QED) is 0.672. The van der Waals surface area contributed by atoms with E-state index in [0.29, 0.717) is 0 Å². The van der Waals surface area contributed by atoms with Crippen LogP contribution in [0.3, 0.4) is 0 Å². The van der Waals surface area contributed by atoms with E-state index in [1.807, 2.05) is 35.2 Å². The molecule has 1 aromatic carbocycles. The molecule has 0 aliphatic carbocycles. The molecule has 3 nitrogen and oxygen atoms in total. The van der Waals surface area contributed by atoms with Crippen LogP contribution in [0, 0.1) is 0 Å². The van der Waals surface area contributed by atoms with Gasteiger partial charge in [0.2, 0.25) is 0 Å². The second-order valence-corrected chi connectivity index (χ2v) is 2.51. The highest BCUT2D eigenvalue weighted by atomic mass is 15.5. The molecule has 2 rings (SSSR count). The van der Waals surface area contributed by atoms with Crippen LogP contribution in [0.5, 0.6) is 0 Å². The zero-order valence-corrected chi connectivity index (χ0v) is 6.57. The largest absolute Gasteiger partial charge is 0.285 e. The van der Waals surface area contributed by atoms with Gasteiger partial charge in [-0.15, -0.1) is 0 Å². The van der Waals surface area contributed by atoms with E-state index in [1.54, 1.807) is 6.34 Å². The molecule has 1 aliphatic rings. The van der Waals surface area contributed by atoms with Crippen molar-refractivity contribution in [1.82, 2.24) is 5.43 Å². The fourth-order valence-corrected chi connectivity index (χ4v) is 1.10. The second-order valence-electron chi connectivity index (χ2n) is 2.51. The van der Waals surface area contributed by atoms with E-state index in [2.05, 4.69) is 17.1 Å². The van der Waals surface area contributed by atoms with Gasteiger partial charge in [0, 0.05) is 5.69 Å². The number of rotatable bonds is 1. The molecule has 1 N–H and O–H groups in total. The van der Waals surface area contributed by atoms with Gasteiger partial charge in [-0.05, 0) is 12.1 Å². The fourth-order valence-electron chi connectivity index (χ4n) is 1.10. The molecule has 0 spiro atoms. The van der Waals surface area contributed by atoms with Crippen molar-refractivity contribution in [3.05, 3.63) is 42.7 Å². The van der Waals surface area contributed by atoms with Crippen LogP contribution in [0.2, 0.25) is 0 Å². The Balaban J connectivity index is 2.31. The minimum atomic E-state index is 0.779. The molecule has 0 amide bonds. The first kappa shape index (κ1) is 6.91. The van der Waals surface area contributed by atoms with Crippen molar-refractivity contribution in [3.8, 4) is 0 Å². The number of hydrogen-bond acceptors (Lipinski definition) is 3. The number of nitrogens with zero attached hydrogens (tertiary/aromatic N) is 2. The molecular formula is C9H9N3. The Kier molecular flexibility index (Phi) is 1.55. The van der Waals surface area contributed by atoms with Crippen molar-refractivity contribution in [2.75, 3.05) is 4.90 Å². The van der Waals surface area contributed by atoms with Gasteiger partial charge in [-0.25, -0.2) is 0 Å². The molecule has 0 unspecified atom stereocenters. The summed E-state index contributed by atoms with van der Waals surface area (Å²) in [6.07, 6.45) is 1.71. The predicted molar refractivity (Wildman–Crippen MR) is 49.7 cm³/mol. The Labute approximate surface area is 71.0 Å². The van der Waals surface area contributed by atoms with Crippen LogP contribution in [0.25, 0.3) is 0 Å². The molecule has 3 heteroatoms. The Bertz CT molecular complexity index is 316. The van der Waals surface area contributed by atoms with Gasteiger partial charge in [0.1, 0.15) is 12.2 Å². The molecule has 0 bridgehead atoms. The Morgan fingerprint density at radius 2 is 2.00 bits per heavy atom. The highest BCUT2D eigenvalue weighted by molar-refractivity contribution is 5.84. The average molecular weight is 159 g/mol. The molecule has 0 radical (unpaired) electrons.